The maximum atomic E-state index is 3.57. The lowest BCUT2D eigenvalue weighted by molar-refractivity contribution is 0.664. The minimum atomic E-state index is -0.102. The Morgan fingerprint density at radius 1 is 0.553 bits per heavy atom. The molecule has 2 aromatic heterocycles. The SMILES string of the molecule is CC1(C)c2ccccc2-c2ccc3c4ccccc4n(-c4ccc(-c5ccc(-n6c7c(c8c6C=CCN8)NCC=C7)cc5)cc4)c3c21. The molecule has 47 heavy (non-hydrogen) atoms. The van der Waals surface area contributed by atoms with Crippen LogP contribution in [0.15, 0.2) is 121 Å². The Kier molecular flexibility index (Phi) is 5.43. The number of anilines is 2. The molecule has 3 aliphatic rings. The second-order valence-corrected chi connectivity index (χ2v) is 13.4. The minimum Gasteiger partial charge on any atom is -0.378 e. The summed E-state index contributed by atoms with van der Waals surface area (Å²) in [5.41, 5.74) is 17.5. The first-order valence-corrected chi connectivity index (χ1v) is 16.6. The molecule has 2 aliphatic heterocycles. The van der Waals surface area contributed by atoms with Crippen molar-refractivity contribution in [2.24, 2.45) is 0 Å². The van der Waals surface area contributed by atoms with Crippen LogP contribution in [0.3, 0.4) is 0 Å². The predicted octanol–water partition coefficient (Wildman–Crippen LogP) is 10.4. The molecule has 0 bridgehead atoms. The van der Waals surface area contributed by atoms with E-state index in [4.69, 9.17) is 0 Å². The van der Waals surface area contributed by atoms with E-state index in [1.807, 2.05) is 0 Å². The zero-order valence-corrected chi connectivity index (χ0v) is 26.5. The molecule has 4 heterocycles. The summed E-state index contributed by atoms with van der Waals surface area (Å²) in [6, 6.07) is 40.5. The van der Waals surface area contributed by atoms with Gasteiger partial charge in [0, 0.05) is 40.7 Å². The smallest absolute Gasteiger partial charge is 0.0845 e. The van der Waals surface area contributed by atoms with Gasteiger partial charge in [0.05, 0.1) is 33.8 Å². The van der Waals surface area contributed by atoms with Gasteiger partial charge in [-0.2, -0.15) is 0 Å². The molecule has 4 heteroatoms. The molecule has 0 atom stereocenters. The topological polar surface area (TPSA) is 33.9 Å². The third-order valence-corrected chi connectivity index (χ3v) is 10.5. The summed E-state index contributed by atoms with van der Waals surface area (Å²) in [6.45, 7) is 6.47. The van der Waals surface area contributed by atoms with Crippen LogP contribution in [-0.4, -0.2) is 22.2 Å². The first kappa shape index (κ1) is 26.5. The summed E-state index contributed by atoms with van der Waals surface area (Å²) in [7, 11) is 0. The van der Waals surface area contributed by atoms with E-state index in [0.29, 0.717) is 0 Å². The van der Waals surface area contributed by atoms with E-state index < -0.39 is 0 Å². The van der Waals surface area contributed by atoms with Crippen molar-refractivity contribution in [1.29, 1.82) is 0 Å². The normalized spacial score (nSPS) is 15.2. The molecule has 10 rings (SSSR count). The van der Waals surface area contributed by atoms with Crippen molar-refractivity contribution in [2.75, 3.05) is 23.7 Å². The third kappa shape index (κ3) is 3.64. The van der Waals surface area contributed by atoms with E-state index in [-0.39, 0.29) is 5.41 Å². The van der Waals surface area contributed by atoms with Gasteiger partial charge < -0.3 is 19.8 Å². The molecule has 2 N–H and O–H groups in total. The van der Waals surface area contributed by atoms with Crippen LogP contribution in [0.1, 0.15) is 36.4 Å². The number of nitrogens with one attached hydrogen (secondary N) is 2. The van der Waals surface area contributed by atoms with Crippen LogP contribution in [0.5, 0.6) is 0 Å². The highest BCUT2D eigenvalue weighted by molar-refractivity contribution is 6.13. The Morgan fingerprint density at radius 2 is 1.15 bits per heavy atom. The molecule has 7 aromatic rings. The van der Waals surface area contributed by atoms with E-state index in [1.54, 1.807) is 0 Å². The first-order chi connectivity index (χ1) is 23.1. The van der Waals surface area contributed by atoms with Crippen molar-refractivity contribution < 1.29 is 0 Å². The molecule has 4 nitrogen and oxygen atoms in total. The molecule has 1 aliphatic carbocycles. The number of para-hydroxylation sites is 1. The molecule has 5 aromatic carbocycles. The highest BCUT2D eigenvalue weighted by Crippen LogP contribution is 2.53. The van der Waals surface area contributed by atoms with E-state index in [1.165, 1.54) is 83.6 Å². The van der Waals surface area contributed by atoms with Gasteiger partial charge in [-0.15, -0.1) is 0 Å². The van der Waals surface area contributed by atoms with Crippen LogP contribution in [-0.2, 0) is 5.41 Å². The van der Waals surface area contributed by atoms with Crippen LogP contribution in [0.25, 0.3) is 67.6 Å². The molecule has 0 amide bonds. The monoisotopic (exact) mass is 606 g/mol. The fraction of sp³-hybridized carbons (Fsp3) is 0.116. The molecule has 0 radical (unpaired) electrons. The van der Waals surface area contributed by atoms with Crippen LogP contribution < -0.4 is 10.6 Å². The Hall–Kier alpha value is -5.74. The standard InChI is InChI=1S/C43H34N4/c1-43(2)35-11-5-3-9-31(35)33-23-24-34-32-10-4-6-12-36(32)47(42(34)39(33)43)30-21-17-28(18-22-30)27-15-19-29(20-16-27)46-37-13-7-25-44-40(37)41-38(46)14-8-26-45-41/h3-24,44-45H,25-26H2,1-2H3. The molecule has 226 valence electrons. The Bertz CT molecular complexity index is 2430. The third-order valence-electron chi connectivity index (χ3n) is 10.5. The van der Waals surface area contributed by atoms with Gasteiger partial charge in [0.15, 0.2) is 0 Å². The Labute approximate surface area is 274 Å². The molecular weight excluding hydrogens is 573 g/mol. The average Bonchev–Trinajstić information content (AvgIpc) is 3.72. The van der Waals surface area contributed by atoms with Gasteiger partial charge in [-0.1, -0.05) is 105 Å². The lowest BCUT2D eigenvalue weighted by Crippen LogP contribution is -2.16. The number of aromatic nitrogens is 2. The summed E-state index contributed by atoms with van der Waals surface area (Å²) in [4.78, 5) is 0. The number of hydrogen-bond donors (Lipinski definition) is 2. The largest absolute Gasteiger partial charge is 0.378 e. The lowest BCUT2D eigenvalue weighted by atomic mass is 9.81. The molecule has 0 saturated heterocycles. The van der Waals surface area contributed by atoms with Crippen LogP contribution in [0.2, 0.25) is 0 Å². The number of rotatable bonds is 3. The van der Waals surface area contributed by atoms with Gasteiger partial charge in [-0.05, 0) is 75.9 Å². The number of fused-ring (bicyclic) bond motifs is 10. The van der Waals surface area contributed by atoms with Gasteiger partial charge in [-0.3, -0.25) is 0 Å². The second-order valence-electron chi connectivity index (χ2n) is 13.4. The van der Waals surface area contributed by atoms with E-state index in [9.17, 15) is 0 Å². The van der Waals surface area contributed by atoms with E-state index in [2.05, 4.69) is 167 Å². The van der Waals surface area contributed by atoms with E-state index in [0.717, 1.165) is 18.8 Å². The van der Waals surface area contributed by atoms with Crippen molar-refractivity contribution in [3.05, 3.63) is 144 Å². The number of nitrogens with zero attached hydrogens (tertiary/aromatic N) is 2. The minimum absolute atomic E-state index is 0.102. The Morgan fingerprint density at radius 3 is 1.83 bits per heavy atom. The maximum Gasteiger partial charge on any atom is 0.0845 e. The van der Waals surface area contributed by atoms with Crippen molar-refractivity contribution in [3.63, 3.8) is 0 Å². The van der Waals surface area contributed by atoms with Crippen LogP contribution in [0.4, 0.5) is 11.4 Å². The zero-order valence-electron chi connectivity index (χ0n) is 26.5. The highest BCUT2D eigenvalue weighted by atomic mass is 15.1. The summed E-state index contributed by atoms with van der Waals surface area (Å²) in [6.07, 6.45) is 8.84. The fourth-order valence-electron chi connectivity index (χ4n) is 8.41. The average molecular weight is 607 g/mol. The lowest BCUT2D eigenvalue weighted by Gasteiger charge is -2.23. The second kappa shape index (κ2) is 9.63. The molecule has 0 spiro atoms. The summed E-state index contributed by atoms with van der Waals surface area (Å²) in [5, 5.41) is 9.75. The summed E-state index contributed by atoms with van der Waals surface area (Å²) >= 11 is 0. The molecule has 0 saturated carbocycles. The van der Waals surface area contributed by atoms with Gasteiger partial charge in [0.1, 0.15) is 0 Å². The predicted molar refractivity (Wildman–Crippen MR) is 198 cm³/mol. The van der Waals surface area contributed by atoms with Crippen LogP contribution in [0, 0.1) is 0 Å². The van der Waals surface area contributed by atoms with Gasteiger partial charge in [-0.25, -0.2) is 0 Å². The van der Waals surface area contributed by atoms with E-state index >= 15 is 0 Å². The van der Waals surface area contributed by atoms with Gasteiger partial charge in [0.2, 0.25) is 0 Å². The van der Waals surface area contributed by atoms with Crippen molar-refractivity contribution in [2.45, 2.75) is 19.3 Å². The highest BCUT2D eigenvalue weighted by Gasteiger charge is 2.38. The van der Waals surface area contributed by atoms with Gasteiger partial charge in [0.25, 0.3) is 0 Å². The number of hydrogen-bond acceptors (Lipinski definition) is 2. The molecule has 0 fully saturated rings. The van der Waals surface area contributed by atoms with Crippen LogP contribution >= 0.6 is 0 Å². The summed E-state index contributed by atoms with van der Waals surface area (Å²) in [5.74, 6) is 0. The Balaban J connectivity index is 1.08. The van der Waals surface area contributed by atoms with Gasteiger partial charge >= 0.3 is 0 Å². The van der Waals surface area contributed by atoms with Crippen molar-refractivity contribution in [3.8, 4) is 33.6 Å². The molecule has 0 unspecified atom stereocenters. The quantitative estimate of drug-likeness (QED) is 0.210. The van der Waals surface area contributed by atoms with Crippen molar-refractivity contribution in [1.82, 2.24) is 9.13 Å². The first-order valence-electron chi connectivity index (χ1n) is 16.6. The maximum absolute atomic E-state index is 3.57. The zero-order chi connectivity index (χ0) is 31.3. The molecular formula is C43H34N4. The summed E-state index contributed by atoms with van der Waals surface area (Å²) < 4.78 is 4.84. The van der Waals surface area contributed by atoms with Crippen molar-refractivity contribution >= 4 is 45.3 Å². The fourth-order valence-corrected chi connectivity index (χ4v) is 8.41. The number of benzene rings is 5.